The molecule has 0 rings (SSSR count). The maximum atomic E-state index is 5.99. The van der Waals surface area contributed by atoms with Crippen LogP contribution in [-0.2, 0) is 4.43 Å². The van der Waals surface area contributed by atoms with Crippen molar-refractivity contribution in [2.24, 2.45) is 0 Å². The van der Waals surface area contributed by atoms with Crippen LogP contribution in [0, 0.1) is 0 Å². The van der Waals surface area contributed by atoms with Crippen LogP contribution in [0.1, 0.15) is 41.0 Å². The second kappa shape index (κ2) is 4.26. The summed E-state index contributed by atoms with van der Waals surface area (Å²) >= 11 is 0. The lowest BCUT2D eigenvalue weighted by atomic mass is 10.1. The van der Waals surface area contributed by atoms with Crippen molar-refractivity contribution in [3.63, 3.8) is 0 Å². The van der Waals surface area contributed by atoms with Crippen LogP contribution in [0.15, 0.2) is 0 Å². The zero-order chi connectivity index (χ0) is 9.07. The maximum Gasteiger partial charge on any atom is 0.177 e. The molecule has 1 atom stereocenters. The predicted molar refractivity (Wildman–Crippen MR) is 53.6 cm³/mol. The van der Waals surface area contributed by atoms with Crippen molar-refractivity contribution in [1.29, 1.82) is 0 Å². The van der Waals surface area contributed by atoms with E-state index in [9.17, 15) is 0 Å². The summed E-state index contributed by atoms with van der Waals surface area (Å²) in [7, 11) is -0.918. The summed E-state index contributed by atoms with van der Waals surface area (Å²) in [5.41, 5.74) is 0.858. The van der Waals surface area contributed by atoms with Crippen LogP contribution in [0.3, 0.4) is 0 Å². The first kappa shape index (κ1) is 11.2. The first-order chi connectivity index (χ1) is 4.89. The molecule has 0 bridgehead atoms. The van der Waals surface area contributed by atoms with E-state index >= 15 is 0 Å². The molecular formula is C9H22OSi. The van der Waals surface area contributed by atoms with Gasteiger partial charge in [0.05, 0.1) is 5.60 Å². The fraction of sp³-hybridized carbons (Fsp3) is 1.00. The summed E-state index contributed by atoms with van der Waals surface area (Å²) in [6, 6.07) is 0. The second-order valence-corrected chi connectivity index (χ2v) is 7.16. The number of rotatable bonds is 4. The van der Waals surface area contributed by atoms with Gasteiger partial charge in [0.25, 0.3) is 0 Å². The van der Waals surface area contributed by atoms with Gasteiger partial charge in [-0.05, 0) is 32.4 Å². The Balaban J connectivity index is 3.83. The Labute approximate surface area is 72.9 Å². The standard InChI is InChI=1S/C9H22OSi/c1-7-9(4,5)10-11(6)8(2)3/h8,11H,7H2,1-6H3. The van der Waals surface area contributed by atoms with Crippen molar-refractivity contribution in [1.82, 2.24) is 0 Å². The molecule has 0 saturated carbocycles. The molecule has 1 unspecified atom stereocenters. The highest BCUT2D eigenvalue weighted by Gasteiger charge is 2.21. The molecule has 0 radical (unpaired) electrons. The molecule has 68 valence electrons. The lowest BCUT2D eigenvalue weighted by Gasteiger charge is -2.29. The third-order valence-electron chi connectivity index (χ3n) is 2.30. The van der Waals surface area contributed by atoms with Crippen LogP contribution in [-0.4, -0.2) is 14.6 Å². The zero-order valence-electron chi connectivity index (χ0n) is 8.77. The van der Waals surface area contributed by atoms with Crippen LogP contribution in [0.4, 0.5) is 0 Å². The highest BCUT2D eigenvalue weighted by atomic mass is 28.3. The van der Waals surface area contributed by atoms with Gasteiger partial charge in [0.15, 0.2) is 9.04 Å². The van der Waals surface area contributed by atoms with Crippen LogP contribution < -0.4 is 0 Å². The van der Waals surface area contributed by atoms with Crippen molar-refractivity contribution >= 4 is 9.04 Å². The average molecular weight is 174 g/mol. The first-order valence-electron chi connectivity index (χ1n) is 4.57. The molecule has 0 aliphatic carbocycles. The van der Waals surface area contributed by atoms with Gasteiger partial charge in [0.1, 0.15) is 0 Å². The molecule has 0 aliphatic heterocycles. The summed E-state index contributed by atoms with van der Waals surface area (Å²) in [5.74, 6) is 0. The molecule has 0 N–H and O–H groups in total. The zero-order valence-corrected chi connectivity index (χ0v) is 9.92. The minimum Gasteiger partial charge on any atom is -0.415 e. The van der Waals surface area contributed by atoms with E-state index in [1.807, 2.05) is 0 Å². The Morgan fingerprint density at radius 1 is 1.36 bits per heavy atom. The van der Waals surface area contributed by atoms with E-state index in [4.69, 9.17) is 4.43 Å². The van der Waals surface area contributed by atoms with Crippen LogP contribution >= 0.6 is 0 Å². The third-order valence-corrected chi connectivity index (χ3v) is 5.18. The van der Waals surface area contributed by atoms with E-state index in [0.717, 1.165) is 12.0 Å². The molecule has 0 heterocycles. The Bertz CT molecular complexity index is 110. The van der Waals surface area contributed by atoms with Gasteiger partial charge in [-0.15, -0.1) is 0 Å². The minimum atomic E-state index is -0.918. The molecule has 0 aromatic heterocycles. The van der Waals surface area contributed by atoms with Gasteiger partial charge in [0, 0.05) is 0 Å². The SMILES string of the molecule is CCC(C)(C)O[SiH](C)C(C)C. The average Bonchev–Trinajstić information content (AvgIpc) is 1.87. The minimum absolute atomic E-state index is 0.107. The number of hydrogen-bond donors (Lipinski definition) is 0. The van der Waals surface area contributed by atoms with Crippen molar-refractivity contribution < 1.29 is 4.43 Å². The van der Waals surface area contributed by atoms with Crippen molar-refractivity contribution in [3.05, 3.63) is 0 Å². The van der Waals surface area contributed by atoms with E-state index < -0.39 is 9.04 Å². The fourth-order valence-electron chi connectivity index (χ4n) is 0.723. The summed E-state index contributed by atoms with van der Waals surface area (Å²) in [6.07, 6.45) is 1.11. The molecule has 2 heteroatoms. The Hall–Kier alpha value is 0.177. The molecule has 0 fully saturated rings. The van der Waals surface area contributed by atoms with Crippen LogP contribution in [0.25, 0.3) is 0 Å². The molecule has 0 aromatic carbocycles. The molecular weight excluding hydrogens is 152 g/mol. The first-order valence-corrected chi connectivity index (χ1v) is 6.86. The van der Waals surface area contributed by atoms with Gasteiger partial charge in [-0.25, -0.2) is 0 Å². The van der Waals surface area contributed by atoms with E-state index in [1.54, 1.807) is 0 Å². The van der Waals surface area contributed by atoms with Gasteiger partial charge < -0.3 is 4.43 Å². The topological polar surface area (TPSA) is 9.23 Å². The molecule has 0 spiro atoms. The highest BCUT2D eigenvalue weighted by molar-refractivity contribution is 6.51. The van der Waals surface area contributed by atoms with Gasteiger partial charge >= 0.3 is 0 Å². The summed E-state index contributed by atoms with van der Waals surface area (Å²) in [6.45, 7) is 13.3. The second-order valence-electron chi connectivity index (χ2n) is 4.18. The van der Waals surface area contributed by atoms with Gasteiger partial charge in [-0.1, -0.05) is 20.8 Å². The lowest BCUT2D eigenvalue weighted by Crippen LogP contribution is -2.32. The Kier molecular flexibility index (Phi) is 4.33. The highest BCUT2D eigenvalue weighted by Crippen LogP contribution is 2.19. The van der Waals surface area contributed by atoms with Crippen molar-refractivity contribution in [3.8, 4) is 0 Å². The third kappa shape index (κ3) is 4.59. The predicted octanol–water partition coefficient (Wildman–Crippen LogP) is 2.96. The Morgan fingerprint density at radius 2 is 1.82 bits per heavy atom. The normalized spacial score (nSPS) is 15.5. The molecule has 0 saturated heterocycles. The van der Waals surface area contributed by atoms with Crippen molar-refractivity contribution in [2.45, 2.75) is 58.7 Å². The summed E-state index contributed by atoms with van der Waals surface area (Å²) < 4.78 is 5.99. The number of hydrogen-bond acceptors (Lipinski definition) is 1. The van der Waals surface area contributed by atoms with Gasteiger partial charge in [-0.2, -0.15) is 0 Å². The fourth-order valence-corrected chi connectivity index (χ4v) is 2.17. The summed E-state index contributed by atoms with van der Waals surface area (Å²) in [4.78, 5) is 0. The molecule has 0 aliphatic rings. The molecule has 1 nitrogen and oxygen atoms in total. The van der Waals surface area contributed by atoms with E-state index in [2.05, 4.69) is 41.2 Å². The molecule has 11 heavy (non-hydrogen) atoms. The maximum absolute atomic E-state index is 5.99. The van der Waals surface area contributed by atoms with Gasteiger partial charge in [0.2, 0.25) is 0 Å². The smallest absolute Gasteiger partial charge is 0.177 e. The molecule has 0 amide bonds. The Morgan fingerprint density at radius 3 is 2.09 bits per heavy atom. The summed E-state index contributed by atoms with van der Waals surface area (Å²) in [5, 5.41) is 0. The van der Waals surface area contributed by atoms with Crippen LogP contribution in [0.5, 0.6) is 0 Å². The largest absolute Gasteiger partial charge is 0.415 e. The lowest BCUT2D eigenvalue weighted by molar-refractivity contribution is 0.101. The van der Waals surface area contributed by atoms with E-state index in [0.29, 0.717) is 0 Å². The van der Waals surface area contributed by atoms with Gasteiger partial charge in [-0.3, -0.25) is 0 Å². The van der Waals surface area contributed by atoms with Crippen LogP contribution in [0.2, 0.25) is 12.1 Å². The van der Waals surface area contributed by atoms with E-state index in [-0.39, 0.29) is 5.60 Å². The van der Waals surface area contributed by atoms with E-state index in [1.165, 1.54) is 0 Å². The quantitative estimate of drug-likeness (QED) is 0.595. The molecule has 0 aromatic rings. The monoisotopic (exact) mass is 174 g/mol. The van der Waals surface area contributed by atoms with Crippen molar-refractivity contribution in [2.75, 3.05) is 0 Å².